The van der Waals surface area contributed by atoms with Gasteiger partial charge in [-0.25, -0.2) is 21.1 Å². The Balaban J connectivity index is 2.21. The predicted octanol–water partition coefficient (Wildman–Crippen LogP) is -0.556. The first-order valence-corrected chi connectivity index (χ1v) is 11.0. The zero-order valence-electron chi connectivity index (χ0n) is 15.0. The third kappa shape index (κ3) is 4.04. The van der Waals surface area contributed by atoms with Gasteiger partial charge in [0.05, 0.1) is 28.4 Å². The Morgan fingerprint density at radius 3 is 2.44 bits per heavy atom. The molecule has 0 aliphatic carbocycles. The third-order valence-electron chi connectivity index (χ3n) is 4.29. The molecule has 2 rings (SSSR count). The van der Waals surface area contributed by atoms with Crippen LogP contribution in [0.1, 0.15) is 24.7 Å². The Bertz CT molecular complexity index is 902. The molecule has 1 unspecified atom stereocenters. The molecule has 0 radical (unpaired) electrons. The zero-order valence-corrected chi connectivity index (χ0v) is 16.7. The summed E-state index contributed by atoms with van der Waals surface area (Å²) >= 11 is 0. The lowest BCUT2D eigenvalue weighted by molar-refractivity contribution is -0.123. The van der Waals surface area contributed by atoms with Gasteiger partial charge in [-0.15, -0.1) is 0 Å². The summed E-state index contributed by atoms with van der Waals surface area (Å²) in [5, 5.41) is 6.89. The fourth-order valence-corrected chi connectivity index (χ4v) is 6.36. The first-order valence-electron chi connectivity index (χ1n) is 7.75. The van der Waals surface area contributed by atoms with E-state index in [1.165, 1.54) is 18.8 Å². The predicted molar refractivity (Wildman–Crippen MR) is 92.4 cm³/mol. The largest absolute Gasteiger partial charge is 0.348 e. The summed E-state index contributed by atoms with van der Waals surface area (Å²) in [6.07, 6.45) is 0.360. The van der Waals surface area contributed by atoms with E-state index in [2.05, 4.69) is 10.4 Å². The van der Waals surface area contributed by atoms with Gasteiger partial charge in [-0.3, -0.25) is 9.48 Å². The molecule has 1 atom stereocenters. The number of aromatic nitrogens is 2. The molecular formula is C14H24N4O5S2. The molecule has 1 aliphatic rings. The lowest BCUT2D eigenvalue weighted by Gasteiger charge is -2.24. The summed E-state index contributed by atoms with van der Waals surface area (Å²) in [7, 11) is -3.94. The lowest BCUT2D eigenvalue weighted by atomic mass is 10.0. The standard InChI is InChI=1S/C14H24N4O5S2/c1-10-13(25(22,23)17(4)5)11(2)18(16-10)8-12(19)15-14(3)6-7-24(20,21)9-14/h6-9H2,1-5H3,(H,15,19). The van der Waals surface area contributed by atoms with Gasteiger partial charge in [-0.05, 0) is 27.2 Å². The topological polar surface area (TPSA) is 118 Å². The van der Waals surface area contributed by atoms with Crippen molar-refractivity contribution in [2.45, 2.75) is 44.2 Å². The van der Waals surface area contributed by atoms with Gasteiger partial charge in [0.2, 0.25) is 15.9 Å². The molecule has 1 saturated heterocycles. The van der Waals surface area contributed by atoms with E-state index in [1.54, 1.807) is 20.8 Å². The van der Waals surface area contributed by atoms with Crippen LogP contribution in [0.4, 0.5) is 0 Å². The molecule has 1 N–H and O–H groups in total. The van der Waals surface area contributed by atoms with Crippen LogP contribution in [0.5, 0.6) is 0 Å². The van der Waals surface area contributed by atoms with Crippen molar-refractivity contribution in [3.05, 3.63) is 11.4 Å². The number of hydrogen-bond donors (Lipinski definition) is 1. The Labute approximate surface area is 148 Å². The number of carbonyl (C=O) groups excluding carboxylic acids is 1. The maximum atomic E-state index is 12.4. The number of nitrogens with zero attached hydrogens (tertiary/aromatic N) is 3. The van der Waals surface area contributed by atoms with Crippen LogP contribution in [0.15, 0.2) is 4.90 Å². The van der Waals surface area contributed by atoms with E-state index >= 15 is 0 Å². The van der Waals surface area contributed by atoms with Crippen LogP contribution in [0.2, 0.25) is 0 Å². The van der Waals surface area contributed by atoms with E-state index in [-0.39, 0.29) is 22.9 Å². The molecule has 1 aromatic rings. The van der Waals surface area contributed by atoms with Crippen LogP contribution in [-0.2, 0) is 31.2 Å². The lowest BCUT2D eigenvalue weighted by Crippen LogP contribution is -2.48. The van der Waals surface area contributed by atoms with Gasteiger partial charge in [-0.1, -0.05) is 0 Å². The zero-order chi connectivity index (χ0) is 19.2. The number of aryl methyl sites for hydroxylation is 1. The summed E-state index contributed by atoms with van der Waals surface area (Å²) in [6, 6.07) is 0. The molecule has 1 amide bonds. The monoisotopic (exact) mass is 392 g/mol. The molecule has 9 nitrogen and oxygen atoms in total. The normalized spacial score (nSPS) is 23.1. The number of carbonyl (C=O) groups is 1. The molecule has 2 heterocycles. The first kappa shape index (κ1) is 19.9. The summed E-state index contributed by atoms with van der Waals surface area (Å²) in [4.78, 5) is 12.4. The number of sulfonamides is 1. The number of sulfone groups is 1. The molecule has 1 fully saturated rings. The Morgan fingerprint density at radius 1 is 1.36 bits per heavy atom. The van der Waals surface area contributed by atoms with E-state index in [9.17, 15) is 21.6 Å². The van der Waals surface area contributed by atoms with Crippen LogP contribution in [0, 0.1) is 13.8 Å². The second-order valence-electron chi connectivity index (χ2n) is 6.90. The van der Waals surface area contributed by atoms with Gasteiger partial charge in [0.1, 0.15) is 11.4 Å². The van der Waals surface area contributed by atoms with Crippen molar-refractivity contribution < 1.29 is 21.6 Å². The smallest absolute Gasteiger partial charge is 0.246 e. The van der Waals surface area contributed by atoms with Crippen LogP contribution in [0.25, 0.3) is 0 Å². The van der Waals surface area contributed by atoms with Crippen LogP contribution in [0.3, 0.4) is 0 Å². The van der Waals surface area contributed by atoms with Crippen LogP contribution in [-0.4, -0.2) is 68.0 Å². The Kier molecular flexibility index (Phi) is 5.05. The molecule has 1 aromatic heterocycles. The maximum absolute atomic E-state index is 12.4. The van der Waals surface area contributed by atoms with Gasteiger partial charge in [0.15, 0.2) is 9.84 Å². The minimum atomic E-state index is -3.66. The molecule has 0 spiro atoms. The molecule has 11 heteroatoms. The van der Waals surface area contributed by atoms with Crippen LogP contribution >= 0.6 is 0 Å². The second-order valence-corrected chi connectivity index (χ2v) is 11.2. The number of nitrogens with one attached hydrogen (secondary N) is 1. The highest BCUT2D eigenvalue weighted by Crippen LogP contribution is 2.24. The molecule has 142 valence electrons. The maximum Gasteiger partial charge on any atom is 0.246 e. The van der Waals surface area contributed by atoms with E-state index < -0.39 is 31.3 Å². The van der Waals surface area contributed by atoms with Gasteiger partial charge in [0.25, 0.3) is 0 Å². The first-order chi connectivity index (χ1) is 11.3. The van der Waals surface area contributed by atoms with E-state index in [0.29, 0.717) is 17.8 Å². The van der Waals surface area contributed by atoms with E-state index in [1.807, 2.05) is 0 Å². The van der Waals surface area contributed by atoms with Gasteiger partial charge in [-0.2, -0.15) is 5.10 Å². The highest BCUT2D eigenvalue weighted by atomic mass is 32.2. The molecular weight excluding hydrogens is 368 g/mol. The highest BCUT2D eigenvalue weighted by molar-refractivity contribution is 7.91. The minimum Gasteiger partial charge on any atom is -0.348 e. The van der Waals surface area contributed by atoms with Gasteiger partial charge >= 0.3 is 0 Å². The highest BCUT2D eigenvalue weighted by Gasteiger charge is 2.39. The van der Waals surface area contributed by atoms with Gasteiger partial charge < -0.3 is 5.32 Å². The Morgan fingerprint density at radius 2 is 1.96 bits per heavy atom. The van der Waals surface area contributed by atoms with Crippen molar-refractivity contribution in [2.75, 3.05) is 25.6 Å². The van der Waals surface area contributed by atoms with Crippen molar-refractivity contribution in [3.8, 4) is 0 Å². The summed E-state index contributed by atoms with van der Waals surface area (Å²) in [6.45, 7) is 4.68. The van der Waals surface area contributed by atoms with Gasteiger partial charge in [0, 0.05) is 14.1 Å². The van der Waals surface area contributed by atoms with Crippen molar-refractivity contribution in [3.63, 3.8) is 0 Å². The molecule has 1 aliphatic heterocycles. The molecule has 0 saturated carbocycles. The number of amides is 1. The van der Waals surface area contributed by atoms with E-state index in [4.69, 9.17) is 0 Å². The molecule has 0 aromatic carbocycles. The van der Waals surface area contributed by atoms with Crippen molar-refractivity contribution >= 4 is 25.8 Å². The summed E-state index contributed by atoms with van der Waals surface area (Å²) < 4.78 is 50.4. The third-order valence-corrected chi connectivity index (χ3v) is 8.26. The average Bonchev–Trinajstić information content (AvgIpc) is 2.85. The summed E-state index contributed by atoms with van der Waals surface area (Å²) in [5.41, 5.74) is -0.121. The fraction of sp³-hybridized carbons (Fsp3) is 0.714. The van der Waals surface area contributed by atoms with Crippen molar-refractivity contribution in [2.24, 2.45) is 0 Å². The fourth-order valence-electron chi connectivity index (χ4n) is 3.01. The number of rotatable bonds is 5. The quantitative estimate of drug-likeness (QED) is 0.718. The van der Waals surface area contributed by atoms with Crippen LogP contribution < -0.4 is 5.32 Å². The molecule has 25 heavy (non-hydrogen) atoms. The second kappa shape index (κ2) is 6.36. The molecule has 0 bridgehead atoms. The van der Waals surface area contributed by atoms with Crippen molar-refractivity contribution in [1.29, 1.82) is 0 Å². The number of hydrogen-bond acceptors (Lipinski definition) is 6. The minimum absolute atomic E-state index is 0.0505. The summed E-state index contributed by atoms with van der Waals surface area (Å²) in [5.74, 6) is -0.447. The SMILES string of the molecule is Cc1nn(CC(=O)NC2(C)CCS(=O)(=O)C2)c(C)c1S(=O)(=O)N(C)C. The van der Waals surface area contributed by atoms with Crippen molar-refractivity contribution in [1.82, 2.24) is 19.4 Å². The average molecular weight is 393 g/mol. The van der Waals surface area contributed by atoms with E-state index in [0.717, 1.165) is 4.31 Å². The Hall–Kier alpha value is -1.46.